The minimum Gasteiger partial charge on any atom is -0.335 e. The predicted molar refractivity (Wildman–Crippen MR) is 104 cm³/mol. The van der Waals surface area contributed by atoms with Crippen LogP contribution in [0, 0.1) is 6.92 Å². The van der Waals surface area contributed by atoms with Crippen molar-refractivity contribution in [1.82, 2.24) is 14.8 Å². The fraction of sp³-hybridized carbons (Fsp3) is 0.273. The van der Waals surface area contributed by atoms with Crippen molar-refractivity contribution in [3.8, 4) is 0 Å². The summed E-state index contributed by atoms with van der Waals surface area (Å²) >= 11 is 0. The van der Waals surface area contributed by atoms with Gasteiger partial charge in [0, 0.05) is 44.3 Å². The fourth-order valence-electron chi connectivity index (χ4n) is 3.62. The molecule has 0 spiro atoms. The maximum Gasteiger partial charge on any atom is 0.273 e. The van der Waals surface area contributed by atoms with Crippen LogP contribution in [0.5, 0.6) is 0 Å². The molecule has 132 valence electrons. The first-order valence-electron chi connectivity index (χ1n) is 9.11. The molecule has 1 aliphatic heterocycles. The number of carbonyl (C=O) groups is 1. The average Bonchev–Trinajstić information content (AvgIpc) is 2.68. The largest absolute Gasteiger partial charge is 0.335 e. The Kier molecular flexibility index (Phi) is 4.67. The zero-order chi connectivity index (χ0) is 17.9. The number of aromatic nitrogens is 1. The van der Waals surface area contributed by atoms with Crippen LogP contribution in [-0.2, 0) is 6.54 Å². The highest BCUT2D eigenvalue weighted by atomic mass is 16.2. The van der Waals surface area contributed by atoms with Crippen LogP contribution < -0.4 is 0 Å². The van der Waals surface area contributed by atoms with E-state index in [1.165, 1.54) is 11.1 Å². The van der Waals surface area contributed by atoms with Crippen LogP contribution in [0.2, 0.25) is 0 Å². The summed E-state index contributed by atoms with van der Waals surface area (Å²) in [6.45, 7) is 6.34. The van der Waals surface area contributed by atoms with Gasteiger partial charge in [-0.2, -0.15) is 0 Å². The van der Waals surface area contributed by atoms with Crippen molar-refractivity contribution in [1.29, 1.82) is 0 Å². The molecule has 4 nitrogen and oxygen atoms in total. The van der Waals surface area contributed by atoms with Crippen LogP contribution in [0.25, 0.3) is 10.8 Å². The number of fused-ring (bicyclic) bond motifs is 1. The van der Waals surface area contributed by atoms with E-state index in [4.69, 9.17) is 0 Å². The molecular formula is C22H23N3O. The molecule has 26 heavy (non-hydrogen) atoms. The first kappa shape index (κ1) is 16.7. The second kappa shape index (κ2) is 7.26. The van der Waals surface area contributed by atoms with E-state index in [-0.39, 0.29) is 5.91 Å². The summed E-state index contributed by atoms with van der Waals surface area (Å²) in [5, 5.41) is 1.99. The van der Waals surface area contributed by atoms with Crippen LogP contribution in [0.15, 0.2) is 60.8 Å². The highest BCUT2D eigenvalue weighted by Crippen LogP contribution is 2.19. The van der Waals surface area contributed by atoms with Crippen molar-refractivity contribution >= 4 is 16.7 Å². The smallest absolute Gasteiger partial charge is 0.273 e. The number of aryl methyl sites for hydroxylation is 1. The molecule has 1 aliphatic rings. The summed E-state index contributed by atoms with van der Waals surface area (Å²) in [7, 11) is 0. The number of benzene rings is 2. The van der Waals surface area contributed by atoms with E-state index in [0.29, 0.717) is 5.69 Å². The van der Waals surface area contributed by atoms with Gasteiger partial charge in [0.25, 0.3) is 5.91 Å². The molecule has 2 heterocycles. The molecule has 0 N–H and O–H groups in total. The molecule has 0 aliphatic carbocycles. The van der Waals surface area contributed by atoms with Crippen molar-refractivity contribution < 1.29 is 4.79 Å². The highest BCUT2D eigenvalue weighted by Gasteiger charge is 2.24. The quantitative estimate of drug-likeness (QED) is 0.729. The lowest BCUT2D eigenvalue weighted by Gasteiger charge is -2.34. The molecular weight excluding hydrogens is 322 g/mol. The van der Waals surface area contributed by atoms with Gasteiger partial charge in [0.05, 0.1) is 0 Å². The molecule has 3 aromatic rings. The molecule has 0 saturated carbocycles. The summed E-state index contributed by atoms with van der Waals surface area (Å²) in [6, 6.07) is 18.5. The molecule has 0 bridgehead atoms. The maximum absolute atomic E-state index is 13.0. The Labute approximate surface area is 154 Å². The third-order valence-electron chi connectivity index (χ3n) is 5.02. The number of pyridine rings is 1. The summed E-state index contributed by atoms with van der Waals surface area (Å²) in [5.74, 6) is 0.0389. The van der Waals surface area contributed by atoms with Gasteiger partial charge in [-0.1, -0.05) is 54.1 Å². The van der Waals surface area contributed by atoms with E-state index >= 15 is 0 Å². The van der Waals surface area contributed by atoms with Gasteiger partial charge in [-0.3, -0.25) is 14.7 Å². The Hall–Kier alpha value is -2.72. The third-order valence-corrected chi connectivity index (χ3v) is 5.02. The Balaban J connectivity index is 1.43. The molecule has 2 aromatic carbocycles. The van der Waals surface area contributed by atoms with Crippen LogP contribution in [0.4, 0.5) is 0 Å². The molecule has 1 aromatic heterocycles. The Morgan fingerprint density at radius 2 is 1.81 bits per heavy atom. The SMILES string of the molecule is Cc1cccc(CN2CCN(C(=O)c3nccc4ccccc34)CC2)c1. The van der Waals surface area contributed by atoms with Gasteiger partial charge in [-0.25, -0.2) is 0 Å². The van der Waals surface area contributed by atoms with Gasteiger partial charge in [0.15, 0.2) is 0 Å². The van der Waals surface area contributed by atoms with Crippen LogP contribution >= 0.6 is 0 Å². The molecule has 0 radical (unpaired) electrons. The summed E-state index contributed by atoms with van der Waals surface area (Å²) < 4.78 is 0. The zero-order valence-corrected chi connectivity index (χ0v) is 15.1. The van der Waals surface area contributed by atoms with Gasteiger partial charge in [-0.15, -0.1) is 0 Å². The van der Waals surface area contributed by atoms with E-state index in [9.17, 15) is 4.79 Å². The standard InChI is InChI=1S/C22H23N3O/c1-17-5-4-6-18(15-17)16-24-11-13-25(14-12-24)22(26)21-20-8-3-2-7-19(20)9-10-23-21/h2-10,15H,11-14,16H2,1H3. The van der Waals surface area contributed by atoms with Gasteiger partial charge in [-0.05, 0) is 23.9 Å². The van der Waals surface area contributed by atoms with E-state index in [1.54, 1.807) is 6.20 Å². The van der Waals surface area contributed by atoms with Gasteiger partial charge < -0.3 is 4.90 Å². The Morgan fingerprint density at radius 1 is 1.00 bits per heavy atom. The molecule has 1 fully saturated rings. The molecule has 0 atom stereocenters. The molecule has 4 heteroatoms. The lowest BCUT2D eigenvalue weighted by molar-refractivity contribution is 0.0625. The summed E-state index contributed by atoms with van der Waals surface area (Å²) in [4.78, 5) is 21.7. The normalized spacial score (nSPS) is 15.3. The number of hydrogen-bond acceptors (Lipinski definition) is 3. The number of nitrogens with zero attached hydrogens (tertiary/aromatic N) is 3. The fourth-order valence-corrected chi connectivity index (χ4v) is 3.62. The van der Waals surface area contributed by atoms with E-state index in [2.05, 4.69) is 41.1 Å². The topological polar surface area (TPSA) is 36.4 Å². The Morgan fingerprint density at radius 3 is 2.62 bits per heavy atom. The van der Waals surface area contributed by atoms with E-state index < -0.39 is 0 Å². The van der Waals surface area contributed by atoms with Crippen LogP contribution in [0.1, 0.15) is 21.6 Å². The second-order valence-corrected chi connectivity index (χ2v) is 6.94. The van der Waals surface area contributed by atoms with Crippen molar-refractivity contribution in [3.63, 3.8) is 0 Å². The van der Waals surface area contributed by atoms with Crippen molar-refractivity contribution in [2.24, 2.45) is 0 Å². The van der Waals surface area contributed by atoms with Gasteiger partial charge in [0.2, 0.25) is 0 Å². The number of hydrogen-bond donors (Lipinski definition) is 0. The van der Waals surface area contributed by atoms with Crippen LogP contribution in [-0.4, -0.2) is 46.9 Å². The molecule has 1 amide bonds. The molecule has 0 unspecified atom stereocenters. The highest BCUT2D eigenvalue weighted by molar-refractivity contribution is 6.05. The maximum atomic E-state index is 13.0. The minimum absolute atomic E-state index is 0.0389. The zero-order valence-electron chi connectivity index (χ0n) is 15.1. The number of rotatable bonds is 3. The Bertz CT molecular complexity index is 924. The first-order chi connectivity index (χ1) is 12.7. The van der Waals surface area contributed by atoms with Crippen molar-refractivity contribution in [2.45, 2.75) is 13.5 Å². The van der Waals surface area contributed by atoms with Gasteiger partial charge in [0.1, 0.15) is 5.69 Å². The monoisotopic (exact) mass is 345 g/mol. The number of piperazine rings is 1. The predicted octanol–water partition coefficient (Wildman–Crippen LogP) is 3.50. The van der Waals surface area contributed by atoms with E-state index in [0.717, 1.165) is 43.5 Å². The van der Waals surface area contributed by atoms with Crippen molar-refractivity contribution in [3.05, 3.63) is 77.6 Å². The lowest BCUT2D eigenvalue weighted by atomic mass is 10.1. The third kappa shape index (κ3) is 3.46. The minimum atomic E-state index is 0.0389. The van der Waals surface area contributed by atoms with Gasteiger partial charge >= 0.3 is 0 Å². The van der Waals surface area contributed by atoms with Crippen LogP contribution in [0.3, 0.4) is 0 Å². The summed E-state index contributed by atoms with van der Waals surface area (Å²) in [5.41, 5.74) is 3.19. The first-order valence-corrected chi connectivity index (χ1v) is 9.11. The second-order valence-electron chi connectivity index (χ2n) is 6.94. The number of amides is 1. The average molecular weight is 345 g/mol. The molecule has 1 saturated heterocycles. The molecule has 4 rings (SSSR count). The number of carbonyl (C=O) groups excluding carboxylic acids is 1. The lowest BCUT2D eigenvalue weighted by Crippen LogP contribution is -2.48. The van der Waals surface area contributed by atoms with E-state index in [1.807, 2.05) is 35.2 Å². The summed E-state index contributed by atoms with van der Waals surface area (Å²) in [6.07, 6.45) is 1.73. The van der Waals surface area contributed by atoms with Crippen molar-refractivity contribution in [2.75, 3.05) is 26.2 Å².